The summed E-state index contributed by atoms with van der Waals surface area (Å²) >= 11 is 0. The van der Waals surface area contributed by atoms with Crippen LogP contribution in [0.1, 0.15) is 18.4 Å². The number of ether oxygens (including phenoxy) is 2. The number of nitrogens with zero attached hydrogens (tertiary/aromatic N) is 2. The highest BCUT2D eigenvalue weighted by molar-refractivity contribution is 5.84. The number of likely N-dealkylation sites (tertiary alicyclic amines) is 1. The Morgan fingerprint density at radius 1 is 1.10 bits per heavy atom. The summed E-state index contributed by atoms with van der Waals surface area (Å²) in [4.78, 5) is 7.00. The molecule has 0 aromatic heterocycles. The number of nitrogens with two attached hydrogens (primary N) is 1. The van der Waals surface area contributed by atoms with Crippen molar-refractivity contribution in [1.82, 2.24) is 4.90 Å². The summed E-state index contributed by atoms with van der Waals surface area (Å²) in [5.74, 6) is 3.16. The molecule has 0 spiro atoms. The van der Waals surface area contributed by atoms with Gasteiger partial charge in [0, 0.05) is 24.7 Å². The lowest BCUT2D eigenvalue weighted by atomic mass is 9.96. The van der Waals surface area contributed by atoms with E-state index < -0.39 is 0 Å². The number of hydrogen-bond acceptors (Lipinski definition) is 5. The Balaban J connectivity index is 1.50. The molecule has 1 fully saturated rings. The zero-order valence-electron chi connectivity index (χ0n) is 17.9. The number of anilines is 1. The number of piperidine rings is 1. The van der Waals surface area contributed by atoms with Crippen LogP contribution >= 0.6 is 0 Å². The molecule has 2 aromatic rings. The molecule has 6 nitrogen and oxygen atoms in total. The number of aliphatic imine (C=N–C) groups is 1. The van der Waals surface area contributed by atoms with Crippen LogP contribution in [0, 0.1) is 5.92 Å². The monoisotopic (exact) mass is 408 g/mol. The largest absolute Gasteiger partial charge is 0.497 e. The molecule has 1 heterocycles. The van der Waals surface area contributed by atoms with Crippen LogP contribution in [0.15, 0.2) is 65.9 Å². The topological polar surface area (TPSA) is 72.1 Å². The van der Waals surface area contributed by atoms with E-state index in [0.29, 0.717) is 11.7 Å². The van der Waals surface area contributed by atoms with Gasteiger partial charge in [0.2, 0.25) is 0 Å². The summed E-state index contributed by atoms with van der Waals surface area (Å²) in [5.41, 5.74) is 8.56. The summed E-state index contributed by atoms with van der Waals surface area (Å²) in [5, 5.41) is 3.19. The number of rotatable bonds is 9. The van der Waals surface area contributed by atoms with Crippen molar-refractivity contribution in [3.63, 3.8) is 0 Å². The minimum absolute atomic E-state index is 0.254. The molecule has 6 heteroatoms. The maximum absolute atomic E-state index is 6.34. The van der Waals surface area contributed by atoms with E-state index in [9.17, 15) is 0 Å². The van der Waals surface area contributed by atoms with Gasteiger partial charge in [0.1, 0.15) is 23.2 Å². The van der Waals surface area contributed by atoms with Crippen LogP contribution in [0.3, 0.4) is 0 Å². The Labute approximate surface area is 179 Å². The van der Waals surface area contributed by atoms with Gasteiger partial charge in [0.25, 0.3) is 0 Å². The highest BCUT2D eigenvalue weighted by Crippen LogP contribution is 2.20. The van der Waals surface area contributed by atoms with Crippen molar-refractivity contribution in [3.05, 3.63) is 66.5 Å². The highest BCUT2D eigenvalue weighted by Gasteiger charge is 2.22. The average molecular weight is 409 g/mol. The average Bonchev–Trinajstić information content (AvgIpc) is 2.78. The first kappa shape index (κ1) is 21.7. The number of benzene rings is 2. The van der Waals surface area contributed by atoms with E-state index in [2.05, 4.69) is 33.9 Å². The van der Waals surface area contributed by atoms with Gasteiger partial charge in [-0.25, -0.2) is 4.99 Å². The minimum atomic E-state index is 0.254. The van der Waals surface area contributed by atoms with Crippen molar-refractivity contribution in [2.24, 2.45) is 16.6 Å². The van der Waals surface area contributed by atoms with E-state index in [1.165, 1.54) is 5.56 Å². The zero-order valence-corrected chi connectivity index (χ0v) is 17.9. The fraction of sp³-hybridized carbons (Fsp3) is 0.375. The summed E-state index contributed by atoms with van der Waals surface area (Å²) in [6.07, 6.45) is 3.20. The molecule has 1 aliphatic heterocycles. The lowest BCUT2D eigenvalue weighted by Crippen LogP contribution is -2.42. The summed E-state index contributed by atoms with van der Waals surface area (Å²) in [7, 11) is 3.34. The van der Waals surface area contributed by atoms with Gasteiger partial charge < -0.3 is 25.4 Å². The van der Waals surface area contributed by atoms with Crippen LogP contribution in [-0.4, -0.2) is 44.6 Å². The maximum atomic E-state index is 6.34. The molecule has 3 N–H and O–H groups in total. The normalized spacial score (nSPS) is 17.4. The number of amidine groups is 1. The van der Waals surface area contributed by atoms with Crippen LogP contribution in [0.5, 0.6) is 11.5 Å². The van der Waals surface area contributed by atoms with Crippen molar-refractivity contribution < 1.29 is 9.47 Å². The standard InChI is InChI=1S/C24H32N4O2/c1-18(26-21-8-12-23(30-3)13-9-21)27-24(25)20-5-4-15-28(17-20)16-14-19-6-10-22(29-2)11-7-19/h6-13,20,26H,1,4-5,14-17H2,2-3H3,(H2,25,27). The van der Waals surface area contributed by atoms with E-state index in [4.69, 9.17) is 15.2 Å². The molecule has 0 saturated carbocycles. The van der Waals surface area contributed by atoms with Crippen molar-refractivity contribution in [2.75, 3.05) is 39.2 Å². The molecule has 2 aromatic carbocycles. The van der Waals surface area contributed by atoms with Crippen molar-refractivity contribution in [1.29, 1.82) is 0 Å². The van der Waals surface area contributed by atoms with Gasteiger partial charge in [-0.05, 0) is 67.8 Å². The number of nitrogens with one attached hydrogen (secondary N) is 1. The molecule has 1 saturated heterocycles. The molecule has 3 rings (SSSR count). The Bertz CT molecular complexity index is 847. The molecule has 30 heavy (non-hydrogen) atoms. The second-order valence-electron chi connectivity index (χ2n) is 7.57. The predicted molar refractivity (Wildman–Crippen MR) is 123 cm³/mol. The smallest absolute Gasteiger partial charge is 0.125 e. The number of methoxy groups -OCH3 is 2. The Kier molecular flexibility index (Phi) is 7.74. The minimum Gasteiger partial charge on any atom is -0.497 e. The molecule has 160 valence electrons. The lowest BCUT2D eigenvalue weighted by molar-refractivity contribution is 0.206. The molecule has 0 amide bonds. The lowest BCUT2D eigenvalue weighted by Gasteiger charge is -2.32. The van der Waals surface area contributed by atoms with Crippen molar-refractivity contribution in [2.45, 2.75) is 19.3 Å². The molecule has 1 unspecified atom stereocenters. The van der Waals surface area contributed by atoms with E-state index in [1.54, 1.807) is 14.2 Å². The summed E-state index contributed by atoms with van der Waals surface area (Å²) < 4.78 is 10.4. The molecule has 0 radical (unpaired) electrons. The van der Waals surface area contributed by atoms with E-state index in [0.717, 1.165) is 56.1 Å². The van der Waals surface area contributed by atoms with Gasteiger partial charge in [-0.1, -0.05) is 18.7 Å². The Morgan fingerprint density at radius 2 is 1.73 bits per heavy atom. The van der Waals surface area contributed by atoms with Crippen molar-refractivity contribution in [3.8, 4) is 11.5 Å². The predicted octanol–water partition coefficient (Wildman–Crippen LogP) is 3.90. The van der Waals surface area contributed by atoms with Gasteiger partial charge >= 0.3 is 0 Å². The van der Waals surface area contributed by atoms with Gasteiger partial charge in [0.05, 0.1) is 14.2 Å². The van der Waals surface area contributed by atoms with Crippen LogP contribution in [-0.2, 0) is 6.42 Å². The van der Waals surface area contributed by atoms with Crippen molar-refractivity contribution >= 4 is 11.5 Å². The fourth-order valence-corrected chi connectivity index (χ4v) is 3.70. The molecule has 1 aliphatic rings. The first-order valence-corrected chi connectivity index (χ1v) is 10.4. The van der Waals surface area contributed by atoms with Crippen LogP contribution in [0.4, 0.5) is 5.69 Å². The summed E-state index contributed by atoms with van der Waals surface area (Å²) in [6.45, 7) is 7.05. The molecule has 0 bridgehead atoms. The first-order valence-electron chi connectivity index (χ1n) is 10.4. The second kappa shape index (κ2) is 10.7. The highest BCUT2D eigenvalue weighted by atomic mass is 16.5. The molecule has 1 atom stereocenters. The molecular weight excluding hydrogens is 376 g/mol. The third kappa shape index (κ3) is 6.26. The zero-order chi connectivity index (χ0) is 21.3. The maximum Gasteiger partial charge on any atom is 0.125 e. The van der Waals surface area contributed by atoms with Gasteiger partial charge in [-0.2, -0.15) is 0 Å². The number of hydrogen-bond donors (Lipinski definition) is 2. The fourth-order valence-electron chi connectivity index (χ4n) is 3.70. The third-order valence-corrected chi connectivity index (χ3v) is 5.44. The van der Waals surface area contributed by atoms with Crippen LogP contribution in [0.2, 0.25) is 0 Å². The van der Waals surface area contributed by atoms with E-state index in [1.807, 2.05) is 36.4 Å². The van der Waals surface area contributed by atoms with E-state index in [-0.39, 0.29) is 5.92 Å². The Hall–Kier alpha value is -2.99. The molecular formula is C24H32N4O2. The second-order valence-corrected chi connectivity index (χ2v) is 7.57. The SMILES string of the molecule is C=C(/N=C(\N)C1CCCN(CCc2ccc(OC)cc2)C1)Nc1ccc(OC)cc1. The molecule has 0 aliphatic carbocycles. The van der Waals surface area contributed by atoms with Gasteiger partial charge in [-0.3, -0.25) is 0 Å². The van der Waals surface area contributed by atoms with Gasteiger partial charge in [0.15, 0.2) is 0 Å². The third-order valence-electron chi connectivity index (χ3n) is 5.44. The quantitative estimate of drug-likeness (QED) is 0.486. The van der Waals surface area contributed by atoms with Crippen LogP contribution < -0.4 is 20.5 Å². The van der Waals surface area contributed by atoms with Gasteiger partial charge in [-0.15, -0.1) is 0 Å². The first-order chi connectivity index (χ1) is 14.6. The Morgan fingerprint density at radius 3 is 2.37 bits per heavy atom. The summed E-state index contributed by atoms with van der Waals surface area (Å²) in [6, 6.07) is 15.9. The van der Waals surface area contributed by atoms with E-state index >= 15 is 0 Å². The van der Waals surface area contributed by atoms with Crippen LogP contribution in [0.25, 0.3) is 0 Å².